The minimum absolute atomic E-state index is 0.0572. The van der Waals surface area contributed by atoms with E-state index in [4.69, 9.17) is 5.11 Å². The van der Waals surface area contributed by atoms with Crippen LogP contribution < -0.4 is 0 Å². The van der Waals surface area contributed by atoms with Crippen molar-refractivity contribution >= 4 is 5.97 Å². The molecule has 0 fully saturated rings. The molecule has 68 valence electrons. The van der Waals surface area contributed by atoms with Crippen molar-refractivity contribution in [1.82, 2.24) is 0 Å². The Morgan fingerprint density at radius 3 is 2.85 bits per heavy atom. The Kier molecular flexibility index (Phi) is 1.62. The molecule has 13 heavy (non-hydrogen) atoms. The third-order valence-electron chi connectivity index (χ3n) is 2.52. The minimum atomic E-state index is -2.16. The van der Waals surface area contributed by atoms with E-state index >= 15 is 0 Å². The summed E-state index contributed by atoms with van der Waals surface area (Å²) in [5.74, 6) is -1.38. The molecular weight excluding hydrogens is 171 g/mol. The van der Waals surface area contributed by atoms with Crippen LogP contribution in [0, 0.1) is 0 Å². The average Bonchev–Trinajstić information content (AvgIpc) is 2.47. The van der Waals surface area contributed by atoms with Crippen LogP contribution in [0.1, 0.15) is 17.5 Å². The van der Waals surface area contributed by atoms with Crippen LogP contribution in [0.2, 0.25) is 0 Å². The Labute approximate surface area is 75.0 Å². The van der Waals surface area contributed by atoms with Gasteiger partial charge in [-0.3, -0.25) is 0 Å². The summed E-state index contributed by atoms with van der Waals surface area (Å²) < 4.78 is 13.8. The Balaban J connectivity index is 2.55. The highest BCUT2D eigenvalue weighted by molar-refractivity contribution is 5.81. The van der Waals surface area contributed by atoms with Gasteiger partial charge in [0.1, 0.15) is 0 Å². The van der Waals surface area contributed by atoms with Crippen LogP contribution >= 0.6 is 0 Å². The number of benzene rings is 1. The third-order valence-corrected chi connectivity index (χ3v) is 2.52. The van der Waals surface area contributed by atoms with Crippen molar-refractivity contribution in [2.24, 2.45) is 0 Å². The lowest BCUT2D eigenvalue weighted by atomic mass is 9.98. The second-order valence-corrected chi connectivity index (χ2v) is 3.26. The predicted molar refractivity (Wildman–Crippen MR) is 45.2 cm³/mol. The van der Waals surface area contributed by atoms with Gasteiger partial charge in [-0.15, -0.1) is 0 Å². The summed E-state index contributed by atoms with van der Waals surface area (Å²) in [6.07, 6.45) is 0.570. The molecule has 1 aliphatic rings. The number of hydrogen-bond donors (Lipinski definition) is 1. The first-order valence-electron chi connectivity index (χ1n) is 4.15. The maximum absolute atomic E-state index is 13.8. The Morgan fingerprint density at radius 1 is 1.46 bits per heavy atom. The van der Waals surface area contributed by atoms with E-state index in [1.807, 2.05) is 0 Å². The quantitative estimate of drug-likeness (QED) is 0.716. The van der Waals surface area contributed by atoms with Crippen molar-refractivity contribution in [3.05, 3.63) is 35.4 Å². The first-order chi connectivity index (χ1) is 6.14. The lowest BCUT2D eigenvalue weighted by molar-refractivity contribution is -0.151. The maximum atomic E-state index is 13.8. The fourth-order valence-electron chi connectivity index (χ4n) is 1.79. The summed E-state index contributed by atoms with van der Waals surface area (Å²) in [6, 6.07) is 6.80. The third kappa shape index (κ3) is 1.03. The van der Waals surface area contributed by atoms with E-state index in [-0.39, 0.29) is 6.42 Å². The van der Waals surface area contributed by atoms with Crippen LogP contribution in [-0.4, -0.2) is 11.1 Å². The summed E-state index contributed by atoms with van der Waals surface area (Å²) in [5, 5.41) is 8.74. The van der Waals surface area contributed by atoms with Crippen LogP contribution in [0.3, 0.4) is 0 Å². The molecule has 0 bridgehead atoms. The molecule has 0 spiro atoms. The molecule has 1 atom stereocenters. The largest absolute Gasteiger partial charge is 0.479 e. The zero-order valence-corrected chi connectivity index (χ0v) is 6.96. The molecule has 1 aromatic carbocycles. The molecular formula is C10H9FO2. The molecule has 0 radical (unpaired) electrons. The van der Waals surface area contributed by atoms with Crippen molar-refractivity contribution in [3.63, 3.8) is 0 Å². The Hall–Kier alpha value is -1.38. The van der Waals surface area contributed by atoms with Crippen molar-refractivity contribution in [3.8, 4) is 0 Å². The van der Waals surface area contributed by atoms with Gasteiger partial charge in [-0.2, -0.15) is 0 Å². The van der Waals surface area contributed by atoms with Crippen molar-refractivity contribution < 1.29 is 14.3 Å². The predicted octanol–water partition coefficient (Wildman–Crippen LogP) is 1.88. The van der Waals surface area contributed by atoms with Crippen molar-refractivity contribution in [2.45, 2.75) is 18.5 Å². The van der Waals surface area contributed by atoms with Crippen LogP contribution in [0.25, 0.3) is 0 Å². The molecule has 2 rings (SSSR count). The van der Waals surface area contributed by atoms with E-state index in [2.05, 4.69) is 0 Å². The zero-order chi connectivity index (χ0) is 9.47. The van der Waals surface area contributed by atoms with Crippen LogP contribution in [-0.2, 0) is 16.9 Å². The van der Waals surface area contributed by atoms with E-state index in [0.717, 1.165) is 5.56 Å². The fourth-order valence-corrected chi connectivity index (χ4v) is 1.79. The lowest BCUT2D eigenvalue weighted by Crippen LogP contribution is -2.27. The molecule has 0 amide bonds. The summed E-state index contributed by atoms with van der Waals surface area (Å²) >= 11 is 0. The van der Waals surface area contributed by atoms with Crippen LogP contribution in [0.4, 0.5) is 4.39 Å². The van der Waals surface area contributed by atoms with Crippen LogP contribution in [0.5, 0.6) is 0 Å². The molecule has 0 heterocycles. The first-order valence-corrected chi connectivity index (χ1v) is 4.15. The highest BCUT2D eigenvalue weighted by Crippen LogP contribution is 2.40. The molecule has 0 aromatic heterocycles. The molecule has 1 aromatic rings. The smallest absolute Gasteiger partial charge is 0.346 e. The molecule has 0 saturated heterocycles. The molecule has 0 aliphatic heterocycles. The maximum Gasteiger partial charge on any atom is 0.346 e. The number of carboxylic acids is 1. The minimum Gasteiger partial charge on any atom is -0.479 e. The van der Waals surface area contributed by atoms with Gasteiger partial charge < -0.3 is 5.11 Å². The number of hydrogen-bond acceptors (Lipinski definition) is 1. The van der Waals surface area contributed by atoms with Crippen molar-refractivity contribution in [2.75, 3.05) is 0 Å². The number of carboxylic acid groups (broad SMARTS) is 1. The van der Waals surface area contributed by atoms with Gasteiger partial charge in [-0.25, -0.2) is 9.18 Å². The second kappa shape index (κ2) is 2.55. The molecule has 2 nitrogen and oxygen atoms in total. The molecule has 1 N–H and O–H groups in total. The van der Waals surface area contributed by atoms with Gasteiger partial charge >= 0.3 is 5.97 Å². The number of aryl methyl sites for hydroxylation is 1. The molecule has 3 heteroatoms. The van der Waals surface area contributed by atoms with E-state index in [1.165, 1.54) is 0 Å². The number of rotatable bonds is 1. The molecule has 1 aliphatic carbocycles. The normalized spacial score (nSPS) is 25.6. The van der Waals surface area contributed by atoms with Gasteiger partial charge in [0.25, 0.3) is 0 Å². The van der Waals surface area contributed by atoms with Crippen molar-refractivity contribution in [1.29, 1.82) is 0 Å². The van der Waals surface area contributed by atoms with Gasteiger partial charge in [0.2, 0.25) is 5.67 Å². The SMILES string of the molecule is O=C(O)[C@@]1(F)CCc2ccccc21. The number of alkyl halides is 1. The fraction of sp³-hybridized carbons (Fsp3) is 0.300. The van der Waals surface area contributed by atoms with E-state index in [0.29, 0.717) is 12.0 Å². The van der Waals surface area contributed by atoms with Gasteiger partial charge in [-0.1, -0.05) is 24.3 Å². The second-order valence-electron chi connectivity index (χ2n) is 3.26. The standard InChI is InChI=1S/C10H9FO2/c11-10(9(12)13)6-5-7-3-1-2-4-8(7)10/h1-4H,5-6H2,(H,12,13)/t10-/m1/s1. The first kappa shape index (κ1) is 8.23. The zero-order valence-electron chi connectivity index (χ0n) is 6.96. The van der Waals surface area contributed by atoms with E-state index in [9.17, 15) is 9.18 Å². The van der Waals surface area contributed by atoms with Gasteiger partial charge in [-0.05, 0) is 12.0 Å². The Morgan fingerprint density at radius 2 is 2.15 bits per heavy atom. The molecule has 0 unspecified atom stereocenters. The monoisotopic (exact) mass is 180 g/mol. The van der Waals surface area contributed by atoms with Gasteiger partial charge in [0.15, 0.2) is 0 Å². The summed E-state index contributed by atoms with van der Waals surface area (Å²) in [5.41, 5.74) is -1.02. The van der Waals surface area contributed by atoms with Gasteiger partial charge in [0, 0.05) is 12.0 Å². The van der Waals surface area contributed by atoms with Crippen LogP contribution in [0.15, 0.2) is 24.3 Å². The summed E-state index contributed by atoms with van der Waals surface area (Å²) in [6.45, 7) is 0. The number of halogens is 1. The highest BCUT2D eigenvalue weighted by Gasteiger charge is 2.45. The van der Waals surface area contributed by atoms with Gasteiger partial charge in [0.05, 0.1) is 0 Å². The topological polar surface area (TPSA) is 37.3 Å². The lowest BCUT2D eigenvalue weighted by Gasteiger charge is -2.14. The number of fused-ring (bicyclic) bond motifs is 1. The summed E-state index contributed by atoms with van der Waals surface area (Å²) in [7, 11) is 0. The van der Waals surface area contributed by atoms with E-state index < -0.39 is 11.6 Å². The highest BCUT2D eigenvalue weighted by atomic mass is 19.1. The number of carbonyl (C=O) groups is 1. The van der Waals surface area contributed by atoms with E-state index in [1.54, 1.807) is 24.3 Å². The molecule has 0 saturated carbocycles. The number of aliphatic carboxylic acids is 1. The average molecular weight is 180 g/mol. The Bertz CT molecular complexity index is 362. The summed E-state index contributed by atoms with van der Waals surface area (Å²) in [4.78, 5) is 10.7.